The minimum atomic E-state index is -4.60. The van der Waals surface area contributed by atoms with Crippen LogP contribution in [0.25, 0.3) is 0 Å². The summed E-state index contributed by atoms with van der Waals surface area (Å²) < 4.78 is 56.5. The largest absolute Gasteiger partial charge is 0.434 e. The van der Waals surface area contributed by atoms with Crippen LogP contribution in [-0.2, 0) is 25.2 Å². The third-order valence-corrected chi connectivity index (χ3v) is 4.98. The first-order chi connectivity index (χ1) is 14.1. The lowest BCUT2D eigenvalue weighted by molar-refractivity contribution is -0.153. The Hall–Kier alpha value is -1.69. The molecule has 12 heteroatoms. The summed E-state index contributed by atoms with van der Waals surface area (Å²) in [5.41, 5.74) is -1.10. The van der Waals surface area contributed by atoms with Crippen LogP contribution in [0.3, 0.4) is 0 Å². The van der Waals surface area contributed by atoms with Crippen molar-refractivity contribution in [1.82, 2.24) is 15.3 Å². The Morgan fingerprint density at radius 3 is 2.73 bits per heavy atom. The highest BCUT2D eigenvalue weighted by Gasteiger charge is 2.52. The molecule has 3 rings (SSSR count). The summed E-state index contributed by atoms with van der Waals surface area (Å²) in [6.07, 6.45) is -3.37. The first-order valence-electron chi connectivity index (χ1n) is 9.55. The molecule has 2 fully saturated rings. The molecule has 0 radical (unpaired) electrons. The molecule has 4 atom stereocenters. The molecule has 1 aromatic heterocycles. The quantitative estimate of drug-likeness (QED) is 0.613. The molecule has 2 aliphatic rings. The van der Waals surface area contributed by atoms with Gasteiger partial charge in [0.1, 0.15) is 24.1 Å². The average molecular weight is 453 g/mol. The van der Waals surface area contributed by atoms with Gasteiger partial charge in [-0.25, -0.2) is 4.98 Å². The van der Waals surface area contributed by atoms with Gasteiger partial charge in [-0.15, -0.1) is 11.6 Å². The standard InChI is InChI=1S/C18H24ClF3N4O4/c1-17(2)29-15-10(25-13-8-23-7-12(26-13)18(20,21)22)9-28-11(16(15)30-17)6-24-14(27)4-3-5-19/h7-8,10-11,15-16H,3-6,9H2,1-2H3,(H,24,27)(H,25,26)/t10-,11+,15+,16-/m0/s1. The fraction of sp³-hybridized carbons (Fsp3) is 0.722. The van der Waals surface area contributed by atoms with Gasteiger partial charge in [0.25, 0.3) is 0 Å². The summed E-state index contributed by atoms with van der Waals surface area (Å²) >= 11 is 5.60. The second-order valence-corrected chi connectivity index (χ2v) is 7.95. The lowest BCUT2D eigenvalue weighted by atomic mass is 9.98. The number of alkyl halides is 4. The number of hydrogen-bond acceptors (Lipinski definition) is 7. The van der Waals surface area contributed by atoms with Crippen LogP contribution < -0.4 is 10.6 Å². The number of anilines is 1. The van der Waals surface area contributed by atoms with E-state index in [9.17, 15) is 18.0 Å². The van der Waals surface area contributed by atoms with Crippen molar-refractivity contribution < 1.29 is 32.2 Å². The van der Waals surface area contributed by atoms with Crippen LogP contribution in [0, 0.1) is 0 Å². The molecular formula is C18H24ClF3N4O4. The van der Waals surface area contributed by atoms with E-state index in [2.05, 4.69) is 20.6 Å². The Labute approximate surface area is 176 Å². The number of carbonyl (C=O) groups excluding carboxylic acids is 1. The number of rotatable bonds is 7. The molecule has 0 bridgehead atoms. The zero-order valence-corrected chi connectivity index (χ0v) is 17.3. The minimum absolute atomic E-state index is 0.0432. The molecule has 1 amide bonds. The second-order valence-electron chi connectivity index (χ2n) is 7.57. The Morgan fingerprint density at radius 1 is 1.30 bits per heavy atom. The van der Waals surface area contributed by atoms with Crippen molar-refractivity contribution in [2.45, 2.75) is 63.0 Å². The van der Waals surface area contributed by atoms with Gasteiger partial charge in [-0.3, -0.25) is 9.78 Å². The van der Waals surface area contributed by atoms with Gasteiger partial charge >= 0.3 is 6.18 Å². The zero-order chi connectivity index (χ0) is 21.9. The average Bonchev–Trinajstić information content (AvgIpc) is 3.01. The zero-order valence-electron chi connectivity index (χ0n) is 16.5. The molecule has 0 aliphatic carbocycles. The number of nitrogens with zero attached hydrogens (tertiary/aromatic N) is 2. The lowest BCUT2D eigenvalue weighted by Crippen LogP contribution is -2.57. The van der Waals surface area contributed by atoms with Gasteiger partial charge in [0.05, 0.1) is 25.0 Å². The van der Waals surface area contributed by atoms with E-state index in [1.807, 2.05) is 0 Å². The van der Waals surface area contributed by atoms with Crippen LogP contribution in [0.2, 0.25) is 0 Å². The number of ether oxygens (including phenoxy) is 3. The molecule has 0 saturated carbocycles. The van der Waals surface area contributed by atoms with Crippen LogP contribution in [0.4, 0.5) is 19.0 Å². The summed E-state index contributed by atoms with van der Waals surface area (Å²) in [4.78, 5) is 19.0. The van der Waals surface area contributed by atoms with Crippen LogP contribution >= 0.6 is 11.6 Å². The third-order valence-electron chi connectivity index (χ3n) is 4.71. The SMILES string of the molecule is CC1(C)O[C@@H]2[C@H](O1)[C@@H](Nc1cncc(C(F)(F)F)n1)CO[C@@H]2CNC(=O)CCCCl. The fourth-order valence-electron chi connectivity index (χ4n) is 3.42. The molecule has 30 heavy (non-hydrogen) atoms. The summed E-state index contributed by atoms with van der Waals surface area (Å²) in [7, 11) is 0. The van der Waals surface area contributed by atoms with Gasteiger partial charge in [0.15, 0.2) is 11.5 Å². The van der Waals surface area contributed by atoms with Crippen molar-refractivity contribution in [1.29, 1.82) is 0 Å². The number of hydrogen-bond donors (Lipinski definition) is 2. The van der Waals surface area contributed by atoms with Gasteiger partial charge in [-0.05, 0) is 20.3 Å². The minimum Gasteiger partial charge on any atom is -0.371 e. The molecule has 3 heterocycles. The van der Waals surface area contributed by atoms with Gasteiger partial charge in [0.2, 0.25) is 5.91 Å². The van der Waals surface area contributed by atoms with Crippen molar-refractivity contribution in [3.8, 4) is 0 Å². The molecule has 2 N–H and O–H groups in total. The molecule has 168 valence electrons. The maximum atomic E-state index is 12.9. The topological polar surface area (TPSA) is 94.6 Å². The number of aromatic nitrogens is 2. The summed E-state index contributed by atoms with van der Waals surface area (Å²) in [5.74, 6) is -0.704. The van der Waals surface area contributed by atoms with Crippen molar-refractivity contribution in [2.24, 2.45) is 0 Å². The highest BCUT2D eigenvalue weighted by atomic mass is 35.5. The Morgan fingerprint density at radius 2 is 2.03 bits per heavy atom. The van der Waals surface area contributed by atoms with E-state index in [4.69, 9.17) is 25.8 Å². The number of nitrogens with one attached hydrogen (secondary N) is 2. The molecule has 0 unspecified atom stereocenters. The van der Waals surface area contributed by atoms with Crippen LogP contribution in [0.1, 0.15) is 32.4 Å². The maximum Gasteiger partial charge on any atom is 0.434 e. The van der Waals surface area contributed by atoms with Gasteiger partial charge in [-0.2, -0.15) is 13.2 Å². The van der Waals surface area contributed by atoms with Crippen molar-refractivity contribution in [3.05, 3.63) is 18.1 Å². The van der Waals surface area contributed by atoms with E-state index < -0.39 is 42.0 Å². The van der Waals surface area contributed by atoms with Gasteiger partial charge in [0, 0.05) is 18.8 Å². The fourth-order valence-corrected chi connectivity index (χ4v) is 3.56. The molecule has 0 spiro atoms. The van der Waals surface area contributed by atoms with E-state index in [1.54, 1.807) is 13.8 Å². The predicted octanol–water partition coefficient (Wildman–Crippen LogP) is 2.33. The first kappa shape index (κ1) is 23.0. The van der Waals surface area contributed by atoms with Crippen molar-refractivity contribution >= 4 is 23.3 Å². The molecule has 2 saturated heterocycles. The molecular weight excluding hydrogens is 429 g/mol. The number of amides is 1. The molecule has 2 aliphatic heterocycles. The van der Waals surface area contributed by atoms with Crippen LogP contribution in [0.5, 0.6) is 0 Å². The molecule has 1 aromatic rings. The van der Waals surface area contributed by atoms with Crippen LogP contribution in [0.15, 0.2) is 12.4 Å². The maximum absolute atomic E-state index is 12.9. The van der Waals surface area contributed by atoms with E-state index in [1.165, 1.54) is 6.20 Å². The second kappa shape index (κ2) is 9.21. The van der Waals surface area contributed by atoms with E-state index in [0.29, 0.717) is 24.9 Å². The van der Waals surface area contributed by atoms with Gasteiger partial charge in [-0.1, -0.05) is 0 Å². The Balaban J connectivity index is 1.67. The summed E-state index contributed by atoms with van der Waals surface area (Å²) in [5, 5.41) is 5.70. The number of halogens is 4. The lowest BCUT2D eigenvalue weighted by Gasteiger charge is -2.37. The van der Waals surface area contributed by atoms with Crippen molar-refractivity contribution in [3.63, 3.8) is 0 Å². The van der Waals surface area contributed by atoms with Gasteiger partial charge < -0.3 is 24.8 Å². The first-order valence-corrected chi connectivity index (χ1v) is 10.1. The molecule has 0 aromatic carbocycles. The molecule has 8 nitrogen and oxygen atoms in total. The normalized spacial score (nSPS) is 28.1. The smallest absolute Gasteiger partial charge is 0.371 e. The van der Waals surface area contributed by atoms with E-state index in [0.717, 1.165) is 0 Å². The summed E-state index contributed by atoms with van der Waals surface area (Å²) in [6, 6.07) is -0.516. The van der Waals surface area contributed by atoms with Crippen LogP contribution in [-0.4, -0.2) is 65.0 Å². The van der Waals surface area contributed by atoms with E-state index >= 15 is 0 Å². The third kappa shape index (κ3) is 5.71. The Bertz CT molecular complexity index is 752. The predicted molar refractivity (Wildman–Crippen MR) is 101 cm³/mol. The monoisotopic (exact) mass is 452 g/mol. The summed E-state index contributed by atoms with van der Waals surface area (Å²) in [6.45, 7) is 3.82. The Kier molecular flexibility index (Phi) is 7.05. The highest BCUT2D eigenvalue weighted by molar-refractivity contribution is 6.17. The van der Waals surface area contributed by atoms with Crippen molar-refractivity contribution in [2.75, 3.05) is 24.3 Å². The van der Waals surface area contributed by atoms with E-state index in [-0.39, 0.29) is 24.9 Å². The number of fused-ring (bicyclic) bond motifs is 1. The number of carbonyl (C=O) groups is 1. The highest BCUT2D eigenvalue weighted by Crippen LogP contribution is 2.36.